The van der Waals surface area contributed by atoms with Crippen LogP contribution in [0.25, 0.3) is 0 Å². The third kappa shape index (κ3) is 1.99. The first-order chi connectivity index (χ1) is 5.44. The molecule has 2 nitrogen and oxygen atoms in total. The van der Waals surface area contributed by atoms with E-state index in [1.807, 2.05) is 0 Å². The van der Waals surface area contributed by atoms with Gasteiger partial charge in [-0.05, 0) is 32.6 Å². The average molecular weight is 171 g/mol. The van der Waals surface area contributed by atoms with Crippen LogP contribution in [0.3, 0.4) is 0 Å². The third-order valence-corrected chi connectivity index (χ3v) is 2.95. The second-order valence-corrected chi connectivity index (χ2v) is 4.55. The molecular formula is C10H21NO. The monoisotopic (exact) mass is 171 g/mol. The van der Waals surface area contributed by atoms with Crippen molar-refractivity contribution in [1.29, 1.82) is 0 Å². The smallest absolute Gasteiger partial charge is 0.0568 e. The fourth-order valence-corrected chi connectivity index (χ4v) is 2.12. The van der Waals surface area contributed by atoms with Crippen molar-refractivity contribution < 1.29 is 4.74 Å². The maximum atomic E-state index is 6.30. The Hall–Kier alpha value is -0.0800. The minimum atomic E-state index is -0.00289. The van der Waals surface area contributed by atoms with Crippen LogP contribution < -0.4 is 5.73 Å². The minimum absolute atomic E-state index is 0.00289. The average Bonchev–Trinajstić information content (AvgIpc) is 1.82. The summed E-state index contributed by atoms with van der Waals surface area (Å²) in [4.78, 5) is 0. The van der Waals surface area contributed by atoms with Crippen LogP contribution in [0.1, 0.15) is 40.5 Å². The number of rotatable bonds is 1. The molecule has 1 fully saturated rings. The zero-order valence-corrected chi connectivity index (χ0v) is 8.63. The predicted octanol–water partition coefficient (Wildman–Crippen LogP) is 1.93. The van der Waals surface area contributed by atoms with Gasteiger partial charge in [-0.2, -0.15) is 0 Å². The van der Waals surface area contributed by atoms with E-state index in [2.05, 4.69) is 27.7 Å². The molecule has 2 atom stereocenters. The fourth-order valence-electron chi connectivity index (χ4n) is 2.12. The number of hydrogen-bond acceptors (Lipinski definition) is 2. The number of nitrogens with two attached hydrogens (primary N) is 1. The maximum absolute atomic E-state index is 6.30. The molecule has 1 heterocycles. The Morgan fingerprint density at radius 2 is 1.67 bits per heavy atom. The molecule has 2 heteroatoms. The van der Waals surface area contributed by atoms with Crippen LogP contribution in [-0.4, -0.2) is 17.7 Å². The van der Waals surface area contributed by atoms with Crippen molar-refractivity contribution in [1.82, 2.24) is 0 Å². The quantitative estimate of drug-likeness (QED) is 0.654. The summed E-state index contributed by atoms with van der Waals surface area (Å²) in [5, 5.41) is 0. The summed E-state index contributed by atoms with van der Waals surface area (Å²) < 4.78 is 5.65. The van der Waals surface area contributed by atoms with Crippen molar-refractivity contribution in [3.05, 3.63) is 0 Å². The Bertz CT molecular complexity index is 146. The minimum Gasteiger partial charge on any atom is -0.375 e. The highest BCUT2D eigenvalue weighted by Crippen LogP contribution is 2.32. The van der Waals surface area contributed by atoms with Gasteiger partial charge in [0.1, 0.15) is 0 Å². The van der Waals surface area contributed by atoms with Gasteiger partial charge in [0.05, 0.1) is 12.2 Å². The molecule has 0 aromatic rings. The van der Waals surface area contributed by atoms with Gasteiger partial charge >= 0.3 is 0 Å². The Morgan fingerprint density at radius 3 is 2.00 bits per heavy atom. The topological polar surface area (TPSA) is 35.2 Å². The first-order valence-electron chi connectivity index (χ1n) is 4.88. The van der Waals surface area contributed by atoms with Crippen molar-refractivity contribution >= 4 is 0 Å². The normalized spacial score (nSPS) is 43.5. The van der Waals surface area contributed by atoms with Crippen molar-refractivity contribution in [2.24, 2.45) is 11.7 Å². The lowest BCUT2D eigenvalue weighted by Crippen LogP contribution is -2.53. The van der Waals surface area contributed by atoms with Crippen molar-refractivity contribution in [2.75, 3.05) is 0 Å². The summed E-state index contributed by atoms with van der Waals surface area (Å²) in [6.45, 7) is 8.62. The maximum Gasteiger partial charge on any atom is 0.0568 e. The van der Waals surface area contributed by atoms with Crippen LogP contribution in [0.2, 0.25) is 0 Å². The molecule has 1 rings (SSSR count). The highest BCUT2D eigenvalue weighted by atomic mass is 16.5. The van der Waals surface area contributed by atoms with Gasteiger partial charge in [-0.3, -0.25) is 0 Å². The molecule has 0 aromatic heterocycles. The van der Waals surface area contributed by atoms with Gasteiger partial charge in [0, 0.05) is 5.54 Å². The van der Waals surface area contributed by atoms with Gasteiger partial charge in [-0.15, -0.1) is 0 Å². The molecule has 2 N–H and O–H groups in total. The van der Waals surface area contributed by atoms with Gasteiger partial charge in [-0.25, -0.2) is 0 Å². The molecular weight excluding hydrogens is 150 g/mol. The molecule has 1 aliphatic heterocycles. The molecule has 1 saturated heterocycles. The Kier molecular flexibility index (Phi) is 2.79. The Morgan fingerprint density at radius 1 is 1.25 bits per heavy atom. The van der Waals surface area contributed by atoms with Crippen molar-refractivity contribution in [3.8, 4) is 0 Å². The van der Waals surface area contributed by atoms with Gasteiger partial charge in [0.2, 0.25) is 0 Å². The van der Waals surface area contributed by atoms with Crippen LogP contribution in [0.15, 0.2) is 0 Å². The molecule has 12 heavy (non-hydrogen) atoms. The first-order valence-corrected chi connectivity index (χ1v) is 4.88. The molecule has 2 unspecified atom stereocenters. The molecule has 0 aliphatic carbocycles. The first kappa shape index (κ1) is 10.0. The highest BCUT2D eigenvalue weighted by molar-refractivity contribution is 4.93. The van der Waals surface area contributed by atoms with Crippen molar-refractivity contribution in [3.63, 3.8) is 0 Å². The third-order valence-electron chi connectivity index (χ3n) is 2.95. The Balaban J connectivity index is 2.65. The zero-order valence-electron chi connectivity index (χ0n) is 8.63. The molecule has 72 valence electrons. The van der Waals surface area contributed by atoms with Crippen LogP contribution >= 0.6 is 0 Å². The SMILES string of the molecule is CC1CC(N)(C(C)C)CC(C)O1. The second-order valence-electron chi connectivity index (χ2n) is 4.55. The summed E-state index contributed by atoms with van der Waals surface area (Å²) in [5.74, 6) is 0.547. The van der Waals surface area contributed by atoms with E-state index in [0.717, 1.165) is 12.8 Å². The molecule has 1 aliphatic rings. The van der Waals surface area contributed by atoms with E-state index >= 15 is 0 Å². The van der Waals surface area contributed by atoms with E-state index in [0.29, 0.717) is 18.1 Å². The molecule has 0 amide bonds. The van der Waals surface area contributed by atoms with Gasteiger partial charge in [0.15, 0.2) is 0 Å². The van der Waals surface area contributed by atoms with E-state index in [1.54, 1.807) is 0 Å². The van der Waals surface area contributed by atoms with Crippen molar-refractivity contribution in [2.45, 2.75) is 58.3 Å². The number of hydrogen-bond donors (Lipinski definition) is 1. The molecule has 0 saturated carbocycles. The van der Waals surface area contributed by atoms with Crippen LogP contribution in [0, 0.1) is 5.92 Å². The predicted molar refractivity (Wildman–Crippen MR) is 51.0 cm³/mol. The summed E-state index contributed by atoms with van der Waals surface area (Å²) in [5.41, 5.74) is 6.30. The summed E-state index contributed by atoms with van der Waals surface area (Å²) in [6, 6.07) is 0. The lowest BCUT2D eigenvalue weighted by atomic mass is 9.77. The molecule has 0 spiro atoms. The standard InChI is InChI=1S/C10H21NO/c1-7(2)10(11)5-8(3)12-9(4)6-10/h7-9H,5-6,11H2,1-4H3. The van der Waals surface area contributed by atoms with E-state index < -0.39 is 0 Å². The summed E-state index contributed by atoms with van der Waals surface area (Å²) >= 11 is 0. The van der Waals surface area contributed by atoms with Gasteiger partial charge < -0.3 is 10.5 Å². The zero-order chi connectivity index (χ0) is 9.35. The molecule has 0 aromatic carbocycles. The largest absolute Gasteiger partial charge is 0.375 e. The van der Waals surface area contributed by atoms with Crippen LogP contribution in [0.4, 0.5) is 0 Å². The fraction of sp³-hybridized carbons (Fsp3) is 1.00. The van der Waals surface area contributed by atoms with E-state index in [1.165, 1.54) is 0 Å². The second kappa shape index (κ2) is 3.35. The van der Waals surface area contributed by atoms with Crippen LogP contribution in [0.5, 0.6) is 0 Å². The molecule has 0 radical (unpaired) electrons. The summed E-state index contributed by atoms with van der Waals surface area (Å²) in [7, 11) is 0. The molecule has 0 bridgehead atoms. The Labute approximate surface area is 75.5 Å². The highest BCUT2D eigenvalue weighted by Gasteiger charge is 2.37. The summed E-state index contributed by atoms with van der Waals surface area (Å²) in [6.07, 6.45) is 2.63. The number of ether oxygens (including phenoxy) is 1. The van der Waals surface area contributed by atoms with E-state index in [4.69, 9.17) is 10.5 Å². The lowest BCUT2D eigenvalue weighted by molar-refractivity contribution is -0.0701. The van der Waals surface area contributed by atoms with Gasteiger partial charge in [0.25, 0.3) is 0 Å². The lowest BCUT2D eigenvalue weighted by Gasteiger charge is -2.43. The van der Waals surface area contributed by atoms with Crippen LogP contribution in [-0.2, 0) is 4.74 Å². The van der Waals surface area contributed by atoms with E-state index in [-0.39, 0.29) is 5.54 Å². The van der Waals surface area contributed by atoms with E-state index in [9.17, 15) is 0 Å². The van der Waals surface area contributed by atoms with Gasteiger partial charge in [-0.1, -0.05) is 13.8 Å².